The minimum absolute atomic E-state index is 0.141. The monoisotopic (exact) mass is 504 g/mol. The van der Waals surface area contributed by atoms with Crippen molar-refractivity contribution in [1.29, 1.82) is 0 Å². The molecule has 0 aliphatic carbocycles. The Hall–Kier alpha value is -2.28. The second-order valence-corrected chi connectivity index (χ2v) is 11.3. The van der Waals surface area contributed by atoms with Crippen molar-refractivity contribution >= 4 is 32.4 Å². The summed E-state index contributed by atoms with van der Waals surface area (Å²) < 4.78 is 25.6. The Labute approximate surface area is 211 Å². The number of sulfonamides is 1. The third-order valence-corrected chi connectivity index (χ3v) is 6.98. The van der Waals surface area contributed by atoms with E-state index in [4.69, 9.17) is 0 Å². The minimum atomic E-state index is -3.45. The van der Waals surface area contributed by atoms with Crippen molar-refractivity contribution in [3.63, 3.8) is 0 Å². The number of unbranched alkanes of at least 4 members (excludes halogenated alkanes) is 13. The number of carbonyl (C=O) groups excluding carboxylic acids is 1. The first-order chi connectivity index (χ1) is 16.8. The van der Waals surface area contributed by atoms with E-state index >= 15 is 0 Å². The maximum Gasteiger partial charge on any atom is 0.255 e. The molecule has 0 aromatic heterocycles. The Morgan fingerprint density at radius 1 is 0.771 bits per heavy atom. The van der Waals surface area contributed by atoms with Gasteiger partial charge in [-0.15, -0.1) is 0 Å². The number of amides is 1. The Kier molecular flexibility index (Phi) is 13.0. The van der Waals surface area contributed by atoms with Crippen LogP contribution in [0.3, 0.4) is 0 Å². The molecule has 0 saturated carbocycles. The number of phenolic OH excluding ortho intramolecular Hbond substituents is 1. The van der Waals surface area contributed by atoms with Gasteiger partial charge in [-0.2, -0.15) is 0 Å². The molecule has 6 nitrogen and oxygen atoms in total. The summed E-state index contributed by atoms with van der Waals surface area (Å²) in [5, 5.41) is 14.5. The molecule has 1 amide bonds. The molecule has 0 fully saturated rings. The van der Waals surface area contributed by atoms with Crippen LogP contribution >= 0.6 is 0 Å². The smallest absolute Gasteiger partial charge is 0.255 e. The molecule has 0 radical (unpaired) electrons. The largest absolute Gasteiger partial charge is 0.506 e. The van der Waals surface area contributed by atoms with Crippen LogP contribution in [0, 0.1) is 0 Å². The van der Waals surface area contributed by atoms with Gasteiger partial charge in [0, 0.05) is 17.3 Å². The maximum atomic E-state index is 12.6. The van der Waals surface area contributed by atoms with E-state index in [1.807, 2.05) is 0 Å². The van der Waals surface area contributed by atoms with Gasteiger partial charge in [0.15, 0.2) is 0 Å². The van der Waals surface area contributed by atoms with Crippen LogP contribution in [-0.4, -0.2) is 32.2 Å². The van der Waals surface area contributed by atoms with E-state index in [2.05, 4.69) is 17.0 Å². The van der Waals surface area contributed by atoms with Gasteiger partial charge in [-0.1, -0.05) is 109 Å². The van der Waals surface area contributed by atoms with E-state index in [1.54, 1.807) is 24.3 Å². The molecule has 0 aliphatic rings. The molecule has 0 heterocycles. The average molecular weight is 505 g/mol. The van der Waals surface area contributed by atoms with Crippen LogP contribution in [0.2, 0.25) is 0 Å². The minimum Gasteiger partial charge on any atom is -0.506 e. The van der Waals surface area contributed by atoms with Gasteiger partial charge in [-0.05, 0) is 18.6 Å². The number of hydrogen-bond donors (Lipinski definition) is 3. The Balaban J connectivity index is 1.63. The highest BCUT2D eigenvalue weighted by atomic mass is 32.2. The molecule has 196 valence electrons. The Morgan fingerprint density at radius 3 is 1.86 bits per heavy atom. The first kappa shape index (κ1) is 29.0. The highest BCUT2D eigenvalue weighted by Crippen LogP contribution is 2.33. The number of rotatable bonds is 18. The summed E-state index contributed by atoms with van der Waals surface area (Å²) in [6, 6.07) is 8.13. The van der Waals surface area contributed by atoms with E-state index in [1.165, 1.54) is 83.1 Å². The molecular formula is C28H44N2O4S. The fraction of sp³-hybridized carbons (Fsp3) is 0.607. The molecule has 2 rings (SSSR count). The summed E-state index contributed by atoms with van der Waals surface area (Å²) in [5.41, 5.74) is 0.564. The second-order valence-electron chi connectivity index (χ2n) is 9.59. The average Bonchev–Trinajstić information content (AvgIpc) is 2.81. The third-order valence-electron chi connectivity index (χ3n) is 6.39. The number of anilines is 1. The van der Waals surface area contributed by atoms with Crippen LogP contribution in [0.1, 0.15) is 107 Å². The lowest BCUT2D eigenvalue weighted by molar-refractivity contribution is 0.0950. The fourth-order valence-electron chi connectivity index (χ4n) is 4.43. The zero-order valence-electron chi connectivity index (χ0n) is 21.6. The number of hydrogen-bond acceptors (Lipinski definition) is 4. The number of carbonyl (C=O) groups is 1. The van der Waals surface area contributed by atoms with E-state index < -0.39 is 10.0 Å². The first-order valence-electron chi connectivity index (χ1n) is 13.3. The molecule has 0 saturated heterocycles. The summed E-state index contributed by atoms with van der Waals surface area (Å²) in [6.07, 6.45) is 19.1. The SMILES string of the molecule is CCCCCCCCCCCCCCCCNC(=O)c1ccc2c(NS(C)(=O)=O)cccc2c1O. The van der Waals surface area contributed by atoms with E-state index in [-0.39, 0.29) is 17.2 Å². The quantitative estimate of drug-likeness (QED) is 0.188. The van der Waals surface area contributed by atoms with Crippen molar-refractivity contribution in [2.45, 2.75) is 96.8 Å². The van der Waals surface area contributed by atoms with Crippen LogP contribution in [0.25, 0.3) is 10.8 Å². The van der Waals surface area contributed by atoms with E-state index in [0.29, 0.717) is 23.0 Å². The third kappa shape index (κ3) is 10.9. The molecule has 0 bridgehead atoms. The van der Waals surface area contributed by atoms with Crippen molar-refractivity contribution in [1.82, 2.24) is 5.32 Å². The molecule has 7 heteroatoms. The molecule has 0 aliphatic heterocycles. The fourth-order valence-corrected chi connectivity index (χ4v) is 5.01. The molecule has 0 spiro atoms. The van der Waals surface area contributed by atoms with E-state index in [9.17, 15) is 18.3 Å². The lowest BCUT2D eigenvalue weighted by atomic mass is 10.0. The van der Waals surface area contributed by atoms with Crippen LogP contribution in [-0.2, 0) is 10.0 Å². The van der Waals surface area contributed by atoms with Gasteiger partial charge in [0.1, 0.15) is 5.75 Å². The van der Waals surface area contributed by atoms with Crippen molar-refractivity contribution < 1.29 is 18.3 Å². The van der Waals surface area contributed by atoms with Gasteiger partial charge in [0.2, 0.25) is 10.0 Å². The number of fused-ring (bicyclic) bond motifs is 1. The Bertz CT molecular complexity index is 1020. The summed E-state index contributed by atoms with van der Waals surface area (Å²) in [5.74, 6) is -0.460. The lowest BCUT2D eigenvalue weighted by Gasteiger charge is -2.12. The highest BCUT2D eigenvalue weighted by molar-refractivity contribution is 7.92. The van der Waals surface area contributed by atoms with Crippen molar-refractivity contribution in [3.8, 4) is 5.75 Å². The summed E-state index contributed by atoms with van der Waals surface area (Å²) in [4.78, 5) is 12.6. The van der Waals surface area contributed by atoms with Gasteiger partial charge >= 0.3 is 0 Å². The topological polar surface area (TPSA) is 95.5 Å². The van der Waals surface area contributed by atoms with Crippen molar-refractivity contribution in [2.24, 2.45) is 0 Å². The zero-order valence-corrected chi connectivity index (χ0v) is 22.4. The summed E-state index contributed by atoms with van der Waals surface area (Å²) >= 11 is 0. The van der Waals surface area contributed by atoms with Gasteiger partial charge in [-0.3, -0.25) is 9.52 Å². The number of aromatic hydroxyl groups is 1. The molecule has 0 unspecified atom stereocenters. The van der Waals surface area contributed by atoms with Gasteiger partial charge in [-0.25, -0.2) is 8.42 Å². The molecule has 0 atom stereocenters. The first-order valence-corrected chi connectivity index (χ1v) is 15.2. The molecule has 35 heavy (non-hydrogen) atoms. The van der Waals surface area contributed by atoms with Gasteiger partial charge < -0.3 is 10.4 Å². The predicted octanol–water partition coefficient (Wildman–Crippen LogP) is 7.13. The molecular weight excluding hydrogens is 460 g/mol. The number of nitrogens with one attached hydrogen (secondary N) is 2. The van der Waals surface area contributed by atoms with Crippen LogP contribution < -0.4 is 10.0 Å². The second kappa shape index (κ2) is 15.7. The molecule has 2 aromatic rings. The van der Waals surface area contributed by atoms with Crippen LogP contribution in [0.15, 0.2) is 30.3 Å². The summed E-state index contributed by atoms with van der Waals surface area (Å²) in [6.45, 7) is 2.83. The lowest BCUT2D eigenvalue weighted by Crippen LogP contribution is -2.24. The van der Waals surface area contributed by atoms with Gasteiger partial charge in [0.25, 0.3) is 5.91 Å². The Morgan fingerprint density at radius 2 is 1.31 bits per heavy atom. The van der Waals surface area contributed by atoms with Crippen molar-refractivity contribution in [2.75, 3.05) is 17.5 Å². The van der Waals surface area contributed by atoms with Crippen molar-refractivity contribution in [3.05, 3.63) is 35.9 Å². The molecule has 2 aromatic carbocycles. The van der Waals surface area contributed by atoms with Gasteiger partial charge in [0.05, 0.1) is 17.5 Å². The molecule has 3 N–H and O–H groups in total. The van der Waals surface area contributed by atoms with Crippen LogP contribution in [0.4, 0.5) is 5.69 Å². The normalized spacial score (nSPS) is 11.6. The maximum absolute atomic E-state index is 12.6. The van der Waals surface area contributed by atoms with E-state index in [0.717, 1.165) is 19.1 Å². The zero-order chi connectivity index (χ0) is 25.5. The standard InChI is InChI=1S/C28H44N2O4S/c1-3-4-5-6-7-8-9-10-11-12-13-14-15-16-22-29-28(32)25-21-20-23-24(27(25)31)18-17-19-26(23)30-35(2,33)34/h17-21,30-31H,3-16,22H2,1-2H3,(H,29,32). The number of benzene rings is 2. The highest BCUT2D eigenvalue weighted by Gasteiger charge is 2.16. The van der Waals surface area contributed by atoms with Crippen LogP contribution in [0.5, 0.6) is 5.75 Å². The predicted molar refractivity (Wildman–Crippen MR) is 147 cm³/mol. The number of phenols is 1. The summed E-state index contributed by atoms with van der Waals surface area (Å²) in [7, 11) is -3.45.